The molecular weight excluding hydrogens is 319 g/mol. The summed E-state index contributed by atoms with van der Waals surface area (Å²) in [6.07, 6.45) is 4.40. The number of nitrogens with one attached hydrogen (secondary N) is 2. The topological polar surface area (TPSA) is 50.4 Å². The van der Waals surface area contributed by atoms with Crippen molar-refractivity contribution in [3.05, 3.63) is 29.6 Å². The first-order valence-electron chi connectivity index (χ1n) is 7.97. The van der Waals surface area contributed by atoms with Crippen LogP contribution < -0.4 is 15.4 Å². The fourth-order valence-electron chi connectivity index (χ4n) is 3.87. The molecule has 2 atom stereocenters. The van der Waals surface area contributed by atoms with Crippen LogP contribution in [0.25, 0.3) is 0 Å². The second-order valence-corrected chi connectivity index (χ2v) is 6.38. The Morgan fingerprint density at radius 1 is 1.48 bits per heavy atom. The second-order valence-electron chi connectivity index (χ2n) is 6.38. The molecule has 0 unspecified atom stereocenters. The summed E-state index contributed by atoms with van der Waals surface area (Å²) < 4.78 is 18.6. The number of methoxy groups -OCH3 is 1. The van der Waals surface area contributed by atoms with Gasteiger partial charge in [-0.25, -0.2) is 4.39 Å². The number of hydrogen-bond acceptors (Lipinski definition) is 3. The monoisotopic (exact) mass is 342 g/mol. The van der Waals surface area contributed by atoms with Crippen LogP contribution in [0.5, 0.6) is 5.75 Å². The minimum absolute atomic E-state index is 0. The van der Waals surface area contributed by atoms with Crippen molar-refractivity contribution in [2.24, 2.45) is 11.3 Å². The highest BCUT2D eigenvalue weighted by molar-refractivity contribution is 5.85. The zero-order valence-corrected chi connectivity index (χ0v) is 14.2. The van der Waals surface area contributed by atoms with Crippen LogP contribution in [0.4, 0.5) is 4.39 Å². The minimum Gasteiger partial charge on any atom is -0.494 e. The van der Waals surface area contributed by atoms with E-state index >= 15 is 0 Å². The lowest BCUT2D eigenvalue weighted by molar-refractivity contribution is -0.134. The normalized spacial score (nSPS) is 26.1. The summed E-state index contributed by atoms with van der Waals surface area (Å²) in [6.45, 7) is 2.05. The summed E-state index contributed by atoms with van der Waals surface area (Å²) in [7, 11) is 1.44. The van der Waals surface area contributed by atoms with Gasteiger partial charge in [-0.15, -0.1) is 12.4 Å². The highest BCUT2D eigenvalue weighted by Crippen LogP contribution is 2.43. The Morgan fingerprint density at radius 2 is 2.30 bits per heavy atom. The first-order valence-corrected chi connectivity index (χ1v) is 7.97. The smallest absolute Gasteiger partial charge is 0.228 e. The third-order valence-electron chi connectivity index (χ3n) is 5.16. The Hall–Kier alpha value is -1.33. The van der Waals surface area contributed by atoms with Crippen LogP contribution in [0, 0.1) is 17.2 Å². The molecule has 1 heterocycles. The molecule has 0 radical (unpaired) electrons. The molecule has 1 aliphatic heterocycles. The summed E-state index contributed by atoms with van der Waals surface area (Å²) >= 11 is 0. The molecule has 1 saturated heterocycles. The third-order valence-corrected chi connectivity index (χ3v) is 5.16. The summed E-state index contributed by atoms with van der Waals surface area (Å²) in [4.78, 5) is 12.7. The first-order chi connectivity index (χ1) is 10.7. The fraction of sp³-hybridized carbons (Fsp3) is 0.588. The second kappa shape index (κ2) is 7.49. The van der Waals surface area contributed by atoms with Gasteiger partial charge in [0.15, 0.2) is 11.6 Å². The van der Waals surface area contributed by atoms with Crippen molar-refractivity contribution in [1.82, 2.24) is 10.6 Å². The molecule has 2 fully saturated rings. The zero-order chi connectivity index (χ0) is 15.6. The van der Waals surface area contributed by atoms with Crippen molar-refractivity contribution < 1.29 is 13.9 Å². The summed E-state index contributed by atoms with van der Waals surface area (Å²) in [5, 5.41) is 6.38. The number of halogens is 2. The summed E-state index contributed by atoms with van der Waals surface area (Å²) in [5.74, 6) is 0.374. The molecular formula is C17H24ClFN2O2. The van der Waals surface area contributed by atoms with Crippen LogP contribution in [0.15, 0.2) is 18.2 Å². The van der Waals surface area contributed by atoms with Gasteiger partial charge in [-0.1, -0.05) is 18.9 Å². The molecule has 6 heteroatoms. The van der Waals surface area contributed by atoms with E-state index in [0.29, 0.717) is 12.5 Å². The summed E-state index contributed by atoms with van der Waals surface area (Å²) in [6, 6.07) is 4.79. The van der Waals surface area contributed by atoms with Gasteiger partial charge in [0.1, 0.15) is 0 Å². The van der Waals surface area contributed by atoms with Gasteiger partial charge >= 0.3 is 0 Å². The van der Waals surface area contributed by atoms with Gasteiger partial charge in [-0.3, -0.25) is 4.79 Å². The number of ether oxygens (including phenoxy) is 1. The van der Waals surface area contributed by atoms with Gasteiger partial charge in [0.25, 0.3) is 0 Å². The maximum atomic E-state index is 13.7. The molecule has 1 amide bonds. The van der Waals surface area contributed by atoms with Crippen molar-refractivity contribution in [2.75, 3.05) is 20.2 Å². The van der Waals surface area contributed by atoms with E-state index in [1.54, 1.807) is 12.1 Å². The van der Waals surface area contributed by atoms with Crippen LogP contribution in [-0.2, 0) is 11.3 Å². The number of amides is 1. The van der Waals surface area contributed by atoms with Crippen LogP contribution >= 0.6 is 12.4 Å². The van der Waals surface area contributed by atoms with Gasteiger partial charge in [0.2, 0.25) is 5.91 Å². The van der Waals surface area contributed by atoms with Gasteiger partial charge < -0.3 is 15.4 Å². The lowest BCUT2D eigenvalue weighted by Gasteiger charge is -2.37. The molecule has 0 bridgehead atoms. The van der Waals surface area contributed by atoms with Gasteiger partial charge in [-0.2, -0.15) is 0 Å². The van der Waals surface area contributed by atoms with E-state index in [-0.39, 0.29) is 29.5 Å². The molecule has 2 N–H and O–H groups in total. The third kappa shape index (κ3) is 3.45. The largest absolute Gasteiger partial charge is 0.494 e. The van der Waals surface area contributed by atoms with Crippen LogP contribution in [0.3, 0.4) is 0 Å². The van der Waals surface area contributed by atoms with Crippen molar-refractivity contribution in [2.45, 2.75) is 32.2 Å². The molecule has 0 spiro atoms. The molecule has 1 aromatic rings. The van der Waals surface area contributed by atoms with E-state index in [1.165, 1.54) is 19.6 Å². The van der Waals surface area contributed by atoms with E-state index in [0.717, 1.165) is 37.9 Å². The zero-order valence-electron chi connectivity index (χ0n) is 13.4. The van der Waals surface area contributed by atoms with E-state index in [4.69, 9.17) is 4.74 Å². The number of benzene rings is 1. The maximum Gasteiger partial charge on any atom is 0.228 e. The number of hydrogen-bond donors (Lipinski definition) is 2. The van der Waals surface area contributed by atoms with Crippen LogP contribution in [0.2, 0.25) is 0 Å². The number of rotatable bonds is 4. The predicted octanol–water partition coefficient (Wildman–Crippen LogP) is 2.65. The van der Waals surface area contributed by atoms with Crippen molar-refractivity contribution in [3.63, 3.8) is 0 Å². The Labute approximate surface area is 142 Å². The Kier molecular flexibility index (Phi) is 5.87. The van der Waals surface area contributed by atoms with E-state index in [2.05, 4.69) is 10.6 Å². The molecule has 0 aromatic heterocycles. The SMILES string of the molecule is COc1ccc(CNC(=O)[C@@]23CCCC[C@H]2CNC3)cc1F.Cl. The predicted molar refractivity (Wildman–Crippen MR) is 89.3 cm³/mol. The molecule has 4 nitrogen and oxygen atoms in total. The molecule has 1 aliphatic carbocycles. The van der Waals surface area contributed by atoms with Crippen molar-refractivity contribution >= 4 is 18.3 Å². The molecule has 3 rings (SSSR count). The molecule has 2 aliphatic rings. The Balaban J connectivity index is 0.00000192. The number of carbonyl (C=O) groups is 1. The molecule has 23 heavy (non-hydrogen) atoms. The van der Waals surface area contributed by atoms with Crippen LogP contribution in [0.1, 0.15) is 31.2 Å². The lowest BCUT2D eigenvalue weighted by atomic mass is 9.67. The van der Waals surface area contributed by atoms with E-state index < -0.39 is 5.82 Å². The lowest BCUT2D eigenvalue weighted by Crippen LogP contribution is -2.47. The standard InChI is InChI=1S/C17H23FN2O2.ClH/c1-22-15-6-5-12(8-14(15)18)9-20-16(21)17-7-3-2-4-13(17)10-19-11-17;/h5-6,8,13,19H,2-4,7,9-11H2,1H3,(H,20,21);1H/t13-,17+;/m0./s1. The average Bonchev–Trinajstić information content (AvgIpc) is 2.98. The Morgan fingerprint density at radius 3 is 3.04 bits per heavy atom. The highest BCUT2D eigenvalue weighted by Gasteiger charge is 2.49. The van der Waals surface area contributed by atoms with Crippen LogP contribution in [-0.4, -0.2) is 26.1 Å². The molecule has 1 aromatic carbocycles. The van der Waals surface area contributed by atoms with Crippen molar-refractivity contribution in [3.8, 4) is 5.75 Å². The van der Waals surface area contributed by atoms with Gasteiger partial charge in [0, 0.05) is 13.1 Å². The average molecular weight is 343 g/mol. The molecule has 128 valence electrons. The number of carbonyl (C=O) groups excluding carboxylic acids is 1. The van der Waals surface area contributed by atoms with E-state index in [9.17, 15) is 9.18 Å². The Bertz CT molecular complexity index is 570. The summed E-state index contributed by atoms with van der Waals surface area (Å²) in [5.41, 5.74) is 0.491. The maximum absolute atomic E-state index is 13.7. The first kappa shape index (κ1) is 18.0. The minimum atomic E-state index is -0.398. The molecule has 1 saturated carbocycles. The highest BCUT2D eigenvalue weighted by atomic mass is 35.5. The van der Waals surface area contributed by atoms with Gasteiger partial charge in [0.05, 0.1) is 12.5 Å². The number of fused-ring (bicyclic) bond motifs is 1. The quantitative estimate of drug-likeness (QED) is 0.884. The van der Waals surface area contributed by atoms with Crippen molar-refractivity contribution in [1.29, 1.82) is 0 Å². The fourth-order valence-corrected chi connectivity index (χ4v) is 3.87. The van der Waals surface area contributed by atoms with Gasteiger partial charge in [-0.05, 0) is 43.0 Å². The van der Waals surface area contributed by atoms with E-state index in [1.807, 2.05) is 0 Å².